The van der Waals surface area contributed by atoms with Crippen molar-refractivity contribution in [1.82, 2.24) is 24.7 Å². The molecule has 0 saturated heterocycles. The number of aromatic nitrogens is 5. The average Bonchev–Trinajstić information content (AvgIpc) is 3.50. The molecule has 3 unspecified atom stereocenters. The van der Waals surface area contributed by atoms with Gasteiger partial charge in [0.1, 0.15) is 40.0 Å². The number of nitrogens with zero attached hydrogens (tertiary/aromatic N) is 5. The minimum absolute atomic E-state index is 0.201. The van der Waals surface area contributed by atoms with Crippen molar-refractivity contribution in [2.75, 3.05) is 26.1 Å². The second kappa shape index (κ2) is 10.9. The molecule has 36 heavy (non-hydrogen) atoms. The molecule has 3 atom stereocenters. The van der Waals surface area contributed by atoms with Crippen LogP contribution in [0.15, 0.2) is 47.1 Å². The summed E-state index contributed by atoms with van der Waals surface area (Å²) in [6.45, 7) is 5.51. The van der Waals surface area contributed by atoms with Crippen molar-refractivity contribution in [3.05, 3.63) is 59.9 Å². The molecule has 12 heteroatoms. The Balaban J connectivity index is 1.77. The smallest absolute Gasteiger partial charge is 0.241 e. The van der Waals surface area contributed by atoms with E-state index in [2.05, 4.69) is 24.9 Å². The van der Waals surface area contributed by atoms with Crippen LogP contribution in [0, 0.1) is 13.8 Å². The summed E-state index contributed by atoms with van der Waals surface area (Å²) in [5, 5.41) is 8.07. The van der Waals surface area contributed by atoms with E-state index in [4.69, 9.17) is 18.6 Å². The quantitative estimate of drug-likeness (QED) is 0.337. The Morgan fingerprint density at radius 1 is 1.00 bits per heavy atom. The van der Waals surface area contributed by atoms with E-state index in [9.17, 15) is 4.21 Å². The predicted molar refractivity (Wildman–Crippen MR) is 135 cm³/mol. The van der Waals surface area contributed by atoms with Gasteiger partial charge in [0.05, 0.1) is 19.5 Å². The number of anilines is 1. The van der Waals surface area contributed by atoms with Crippen LogP contribution >= 0.6 is 0 Å². The molecule has 0 radical (unpaired) electrons. The van der Waals surface area contributed by atoms with Gasteiger partial charge in [0.15, 0.2) is 11.6 Å². The van der Waals surface area contributed by atoms with E-state index >= 15 is 0 Å². The molecule has 0 spiro atoms. The second-order valence-corrected chi connectivity index (χ2v) is 9.53. The number of aryl methyl sites for hydroxylation is 2. The van der Waals surface area contributed by atoms with Crippen LogP contribution in [0.4, 0.5) is 5.95 Å². The third-order valence-electron chi connectivity index (χ3n) is 5.51. The molecular formula is C24H28N6O5S. The van der Waals surface area contributed by atoms with Crippen LogP contribution in [-0.4, -0.2) is 55.5 Å². The van der Waals surface area contributed by atoms with Gasteiger partial charge in [-0.25, -0.2) is 14.2 Å². The Bertz CT molecular complexity index is 1330. The van der Waals surface area contributed by atoms with E-state index < -0.39 is 22.3 Å². The van der Waals surface area contributed by atoms with Crippen molar-refractivity contribution in [3.63, 3.8) is 0 Å². The van der Waals surface area contributed by atoms with Crippen LogP contribution in [0.1, 0.15) is 30.2 Å². The van der Waals surface area contributed by atoms with Gasteiger partial charge in [-0.05, 0) is 50.6 Å². The van der Waals surface area contributed by atoms with Crippen molar-refractivity contribution in [2.24, 2.45) is 0 Å². The minimum Gasteiger partial charge on any atom is -0.494 e. The Morgan fingerprint density at radius 3 is 2.22 bits per heavy atom. The Kier molecular flexibility index (Phi) is 7.65. The molecule has 4 aromatic rings. The van der Waals surface area contributed by atoms with Crippen molar-refractivity contribution in [3.8, 4) is 28.8 Å². The topological polar surface area (TPSA) is 126 Å². The summed E-state index contributed by atoms with van der Waals surface area (Å²) in [5.74, 6) is 3.20. The van der Waals surface area contributed by atoms with Gasteiger partial charge in [-0.3, -0.25) is 9.29 Å². The summed E-state index contributed by atoms with van der Waals surface area (Å²) in [6.07, 6.45) is 2.77. The van der Waals surface area contributed by atoms with Crippen molar-refractivity contribution in [2.45, 2.75) is 32.1 Å². The van der Waals surface area contributed by atoms with Crippen LogP contribution in [0.3, 0.4) is 0 Å². The monoisotopic (exact) mass is 512 g/mol. The highest BCUT2D eigenvalue weighted by molar-refractivity contribution is 7.87. The fraction of sp³-hybridized carbons (Fsp3) is 0.333. The number of para-hydroxylation sites is 1. The molecular weight excluding hydrogens is 484 g/mol. The molecule has 0 bridgehead atoms. The molecule has 190 valence electrons. The summed E-state index contributed by atoms with van der Waals surface area (Å²) >= 11 is 0. The normalized spacial score (nSPS) is 13.7. The van der Waals surface area contributed by atoms with Crippen LogP contribution in [0.25, 0.3) is 17.3 Å². The van der Waals surface area contributed by atoms with Crippen molar-refractivity contribution < 1.29 is 22.8 Å². The first-order valence-corrected chi connectivity index (χ1v) is 12.3. The van der Waals surface area contributed by atoms with E-state index in [1.807, 2.05) is 19.9 Å². The number of nitrogens with one attached hydrogen (secondary N) is 1. The molecule has 3 heterocycles. The summed E-state index contributed by atoms with van der Waals surface area (Å²) in [7, 11) is 2.95. The fourth-order valence-electron chi connectivity index (χ4n) is 3.68. The number of benzene rings is 1. The summed E-state index contributed by atoms with van der Waals surface area (Å²) < 4.78 is 40.8. The van der Waals surface area contributed by atoms with Gasteiger partial charge < -0.3 is 18.6 Å². The van der Waals surface area contributed by atoms with Gasteiger partial charge in [-0.2, -0.15) is 0 Å². The first-order valence-electron chi connectivity index (χ1n) is 11.1. The highest BCUT2D eigenvalue weighted by Crippen LogP contribution is 2.38. The van der Waals surface area contributed by atoms with E-state index in [1.165, 1.54) is 7.11 Å². The standard InChI is InChI=1S/C24H28N6O5S/c1-14-12-25-22(26-13-14)21(34-6)16(3)36(31)29-24-28-27-23(19-11-10-15(2)35-19)30(24)20-17(32-4)8-7-9-18(20)33-5/h7-13,16,21H,1-6H3,(H,28,29). The number of hydrogen-bond acceptors (Lipinski definition) is 9. The molecule has 0 saturated carbocycles. The zero-order valence-electron chi connectivity index (χ0n) is 20.9. The number of ether oxygens (including phenoxy) is 3. The summed E-state index contributed by atoms with van der Waals surface area (Å²) in [5.41, 5.74) is 1.44. The van der Waals surface area contributed by atoms with Gasteiger partial charge in [0.25, 0.3) is 0 Å². The lowest BCUT2D eigenvalue weighted by molar-refractivity contribution is 0.0961. The Labute approximate surface area is 211 Å². The number of rotatable bonds is 10. The maximum absolute atomic E-state index is 13.5. The van der Waals surface area contributed by atoms with Crippen LogP contribution in [0.2, 0.25) is 0 Å². The maximum Gasteiger partial charge on any atom is 0.241 e. The third kappa shape index (κ3) is 4.95. The van der Waals surface area contributed by atoms with E-state index in [0.29, 0.717) is 40.4 Å². The van der Waals surface area contributed by atoms with Gasteiger partial charge in [0, 0.05) is 19.5 Å². The second-order valence-electron chi connectivity index (χ2n) is 7.98. The Hall–Kier alpha value is -3.77. The van der Waals surface area contributed by atoms with E-state index in [0.717, 1.165) is 5.56 Å². The molecule has 11 nitrogen and oxygen atoms in total. The summed E-state index contributed by atoms with van der Waals surface area (Å²) in [6, 6.07) is 8.99. The molecule has 4 rings (SSSR count). The number of methoxy groups -OCH3 is 3. The Morgan fingerprint density at radius 2 is 1.67 bits per heavy atom. The zero-order chi connectivity index (χ0) is 25.8. The summed E-state index contributed by atoms with van der Waals surface area (Å²) in [4.78, 5) is 8.68. The van der Waals surface area contributed by atoms with Gasteiger partial charge in [-0.1, -0.05) is 6.07 Å². The largest absolute Gasteiger partial charge is 0.494 e. The molecule has 0 aliphatic rings. The lowest BCUT2D eigenvalue weighted by atomic mass is 10.2. The lowest BCUT2D eigenvalue weighted by Crippen LogP contribution is -2.28. The average molecular weight is 513 g/mol. The first-order chi connectivity index (χ1) is 17.4. The number of hydrogen-bond donors (Lipinski definition) is 1. The van der Waals surface area contributed by atoms with Crippen molar-refractivity contribution >= 4 is 16.9 Å². The molecule has 0 amide bonds. The lowest BCUT2D eigenvalue weighted by Gasteiger charge is -2.22. The van der Waals surface area contributed by atoms with Gasteiger partial charge in [0.2, 0.25) is 11.8 Å². The fourth-order valence-corrected chi connectivity index (χ4v) is 4.64. The zero-order valence-corrected chi connectivity index (χ0v) is 21.7. The van der Waals surface area contributed by atoms with Gasteiger partial charge in [-0.15, -0.1) is 10.2 Å². The van der Waals surface area contributed by atoms with Crippen molar-refractivity contribution in [1.29, 1.82) is 0 Å². The van der Waals surface area contributed by atoms with Crippen LogP contribution in [0.5, 0.6) is 11.5 Å². The third-order valence-corrected chi connectivity index (χ3v) is 6.82. The highest BCUT2D eigenvalue weighted by Gasteiger charge is 2.30. The van der Waals surface area contributed by atoms with Crippen LogP contribution in [-0.2, 0) is 15.7 Å². The van der Waals surface area contributed by atoms with E-state index in [-0.39, 0.29) is 5.95 Å². The predicted octanol–water partition coefficient (Wildman–Crippen LogP) is 3.80. The van der Waals surface area contributed by atoms with Crippen LogP contribution < -0.4 is 14.2 Å². The molecule has 3 aromatic heterocycles. The number of furan rings is 1. The highest BCUT2D eigenvalue weighted by atomic mass is 32.2. The van der Waals surface area contributed by atoms with Gasteiger partial charge >= 0.3 is 0 Å². The minimum atomic E-state index is -1.68. The molecule has 0 aliphatic carbocycles. The molecule has 1 N–H and O–H groups in total. The maximum atomic E-state index is 13.5. The molecule has 0 fully saturated rings. The first kappa shape index (κ1) is 25.3. The molecule has 1 aromatic carbocycles. The SMILES string of the molecule is COc1cccc(OC)c1-n1c(NS(=O)C(C)C(OC)c2ncc(C)cn2)nnc1-c1ccc(C)o1. The molecule has 0 aliphatic heterocycles. The van der Waals surface area contributed by atoms with E-state index in [1.54, 1.807) is 62.4 Å².